The Labute approximate surface area is 160 Å². The summed E-state index contributed by atoms with van der Waals surface area (Å²) in [5.74, 6) is 2.72. The highest BCUT2D eigenvalue weighted by molar-refractivity contribution is 8.38. The van der Waals surface area contributed by atoms with Gasteiger partial charge in [0.2, 0.25) is 0 Å². The zero-order valence-corrected chi connectivity index (χ0v) is 18.4. The summed E-state index contributed by atoms with van der Waals surface area (Å²) in [5.41, 5.74) is 4.97. The van der Waals surface area contributed by atoms with Gasteiger partial charge in [0.1, 0.15) is 0 Å². The van der Waals surface area contributed by atoms with E-state index in [0.29, 0.717) is 0 Å². The first kappa shape index (κ1) is 17.9. The molecule has 4 rings (SSSR count). The van der Waals surface area contributed by atoms with Gasteiger partial charge in [0.15, 0.2) is 0 Å². The first-order valence-corrected chi connectivity index (χ1v) is 14.3. The lowest BCUT2D eigenvalue weighted by atomic mass is 10.0. The van der Waals surface area contributed by atoms with Crippen LogP contribution in [0, 0.1) is 13.8 Å². The van der Waals surface area contributed by atoms with Crippen molar-refractivity contribution in [1.82, 2.24) is 4.98 Å². The molecule has 0 radical (unpaired) electrons. The standard InChI is InChI=1S/C23H29NS2/c1-16-11-17(2)13-19(12-16)23-20-15-22-21(14-18(20)7-8-24-23)25(3,4)9-10-26(22,5)6/h7-8,11-15H,9-10H2,1-6H3. The fourth-order valence-corrected chi connectivity index (χ4v) is 11.2. The van der Waals surface area contributed by atoms with Crippen LogP contribution in [-0.2, 0) is 0 Å². The van der Waals surface area contributed by atoms with Gasteiger partial charge < -0.3 is 0 Å². The van der Waals surface area contributed by atoms with E-state index < -0.39 is 20.1 Å². The van der Waals surface area contributed by atoms with Crippen molar-refractivity contribution >= 4 is 30.8 Å². The lowest BCUT2D eigenvalue weighted by Crippen LogP contribution is -2.19. The van der Waals surface area contributed by atoms with E-state index >= 15 is 0 Å². The van der Waals surface area contributed by atoms with E-state index in [4.69, 9.17) is 4.98 Å². The monoisotopic (exact) mass is 383 g/mol. The number of pyridine rings is 1. The summed E-state index contributed by atoms with van der Waals surface area (Å²) in [6.45, 7) is 4.34. The molecule has 3 aromatic rings. The van der Waals surface area contributed by atoms with Crippen molar-refractivity contribution in [3.8, 4) is 11.3 Å². The third-order valence-corrected chi connectivity index (χ3v) is 11.5. The molecule has 26 heavy (non-hydrogen) atoms. The second kappa shape index (κ2) is 6.03. The quantitative estimate of drug-likeness (QED) is 0.475. The predicted molar refractivity (Wildman–Crippen MR) is 122 cm³/mol. The van der Waals surface area contributed by atoms with E-state index in [1.54, 1.807) is 9.79 Å². The Morgan fingerprint density at radius 1 is 0.769 bits per heavy atom. The van der Waals surface area contributed by atoms with Gasteiger partial charge in [0, 0.05) is 26.9 Å². The van der Waals surface area contributed by atoms with Gasteiger partial charge in [-0.1, -0.05) is 17.2 Å². The van der Waals surface area contributed by atoms with Crippen LogP contribution in [-0.4, -0.2) is 41.5 Å². The Morgan fingerprint density at radius 2 is 1.35 bits per heavy atom. The molecule has 0 saturated carbocycles. The predicted octanol–water partition coefficient (Wildman–Crippen LogP) is 6.38. The number of rotatable bonds is 1. The Morgan fingerprint density at radius 3 is 1.96 bits per heavy atom. The molecule has 2 aromatic carbocycles. The third-order valence-electron chi connectivity index (χ3n) is 5.62. The van der Waals surface area contributed by atoms with Gasteiger partial charge in [-0.15, -0.1) is 0 Å². The van der Waals surface area contributed by atoms with Crippen LogP contribution in [0.25, 0.3) is 22.0 Å². The number of benzene rings is 2. The highest BCUT2D eigenvalue weighted by Gasteiger charge is 2.32. The largest absolute Gasteiger partial charge is 0.256 e. The molecule has 0 saturated heterocycles. The minimum atomic E-state index is -0.727. The second-order valence-electron chi connectivity index (χ2n) is 8.54. The van der Waals surface area contributed by atoms with Crippen molar-refractivity contribution in [1.29, 1.82) is 0 Å². The second-order valence-corrected chi connectivity index (χ2v) is 16.4. The van der Waals surface area contributed by atoms with Gasteiger partial charge in [-0.25, -0.2) is 20.1 Å². The van der Waals surface area contributed by atoms with Gasteiger partial charge in [-0.3, -0.25) is 4.98 Å². The van der Waals surface area contributed by atoms with Crippen LogP contribution in [0.4, 0.5) is 0 Å². The van der Waals surface area contributed by atoms with Crippen LogP contribution in [0.1, 0.15) is 11.1 Å². The molecular formula is C23H29NS2. The highest BCUT2D eigenvalue weighted by Crippen LogP contribution is 2.66. The Balaban J connectivity index is 2.04. The molecule has 1 aliphatic heterocycles. The zero-order valence-electron chi connectivity index (χ0n) is 16.7. The van der Waals surface area contributed by atoms with Crippen molar-refractivity contribution < 1.29 is 0 Å². The number of aryl methyl sites for hydroxylation is 2. The van der Waals surface area contributed by atoms with Gasteiger partial charge in [0.25, 0.3) is 0 Å². The smallest absolute Gasteiger partial charge is 0.0780 e. The first-order valence-electron chi connectivity index (χ1n) is 9.11. The molecule has 0 amide bonds. The summed E-state index contributed by atoms with van der Waals surface area (Å²) in [5, 5.41) is 2.65. The SMILES string of the molecule is Cc1cc(C)cc(-c2nccc3cc4c(cc23)S(C)(C)CCS4(C)C)c1. The van der Waals surface area contributed by atoms with Crippen LogP contribution in [0.3, 0.4) is 0 Å². The maximum absolute atomic E-state index is 4.81. The minimum Gasteiger partial charge on any atom is -0.256 e. The average molecular weight is 384 g/mol. The first-order chi connectivity index (χ1) is 12.2. The molecule has 0 unspecified atom stereocenters. The molecular weight excluding hydrogens is 354 g/mol. The van der Waals surface area contributed by atoms with Crippen molar-refractivity contribution in [2.45, 2.75) is 23.6 Å². The molecule has 0 fully saturated rings. The average Bonchev–Trinajstić information content (AvgIpc) is 2.56. The van der Waals surface area contributed by atoms with Gasteiger partial charge in [-0.05, 0) is 86.1 Å². The van der Waals surface area contributed by atoms with Crippen LogP contribution in [0.5, 0.6) is 0 Å². The Bertz CT molecular complexity index is 998. The molecule has 0 bridgehead atoms. The van der Waals surface area contributed by atoms with Crippen molar-refractivity contribution in [3.05, 3.63) is 53.7 Å². The molecule has 2 heterocycles. The minimum absolute atomic E-state index is 0.695. The molecule has 0 N–H and O–H groups in total. The zero-order chi connectivity index (χ0) is 18.7. The van der Waals surface area contributed by atoms with Crippen LogP contribution >= 0.6 is 20.1 Å². The summed E-state index contributed by atoms with van der Waals surface area (Å²) in [6.07, 6.45) is 11.9. The van der Waals surface area contributed by atoms with Gasteiger partial charge in [0.05, 0.1) is 5.69 Å². The Kier molecular flexibility index (Phi) is 4.16. The molecule has 1 aliphatic rings. The number of fused-ring (bicyclic) bond motifs is 2. The maximum Gasteiger partial charge on any atom is 0.0780 e. The third kappa shape index (κ3) is 2.95. The number of nitrogens with zero attached hydrogens (tertiary/aromatic N) is 1. The fraction of sp³-hybridized carbons (Fsp3) is 0.348. The fourth-order valence-electron chi connectivity index (χ4n) is 4.02. The number of aromatic nitrogens is 1. The molecule has 0 aliphatic carbocycles. The van der Waals surface area contributed by atoms with E-state index in [-0.39, 0.29) is 0 Å². The van der Waals surface area contributed by atoms with Crippen LogP contribution in [0.15, 0.2) is 52.4 Å². The van der Waals surface area contributed by atoms with E-state index in [0.717, 1.165) is 5.69 Å². The molecule has 0 spiro atoms. The molecule has 3 heteroatoms. The number of hydrogen-bond acceptors (Lipinski definition) is 1. The summed E-state index contributed by atoms with van der Waals surface area (Å²) in [7, 11) is -1.42. The highest BCUT2D eigenvalue weighted by atomic mass is 32.3. The topological polar surface area (TPSA) is 12.9 Å². The summed E-state index contributed by atoms with van der Waals surface area (Å²) in [6, 6.07) is 13.9. The van der Waals surface area contributed by atoms with Crippen molar-refractivity contribution in [3.63, 3.8) is 0 Å². The van der Waals surface area contributed by atoms with Gasteiger partial charge in [-0.2, -0.15) is 0 Å². The normalized spacial score (nSPS) is 20.4. The van der Waals surface area contributed by atoms with Crippen molar-refractivity contribution in [2.24, 2.45) is 0 Å². The summed E-state index contributed by atoms with van der Waals surface area (Å²) < 4.78 is 0. The van der Waals surface area contributed by atoms with E-state index in [1.807, 2.05) is 6.20 Å². The summed E-state index contributed by atoms with van der Waals surface area (Å²) in [4.78, 5) is 8.06. The summed E-state index contributed by atoms with van der Waals surface area (Å²) >= 11 is 0. The van der Waals surface area contributed by atoms with Gasteiger partial charge >= 0.3 is 0 Å². The molecule has 1 aromatic heterocycles. The van der Waals surface area contributed by atoms with Crippen LogP contribution < -0.4 is 0 Å². The molecule has 138 valence electrons. The molecule has 0 atom stereocenters. The van der Waals surface area contributed by atoms with E-state index in [2.05, 4.69) is 75.3 Å². The van der Waals surface area contributed by atoms with E-state index in [1.165, 1.54) is 39.0 Å². The van der Waals surface area contributed by atoms with Crippen molar-refractivity contribution in [2.75, 3.05) is 36.5 Å². The van der Waals surface area contributed by atoms with E-state index in [9.17, 15) is 0 Å². The lowest BCUT2D eigenvalue weighted by Gasteiger charge is -2.48. The maximum atomic E-state index is 4.81. The number of hydrogen-bond donors (Lipinski definition) is 0. The Hall–Kier alpha value is -1.45. The van der Waals surface area contributed by atoms with Crippen LogP contribution in [0.2, 0.25) is 0 Å². The lowest BCUT2D eigenvalue weighted by molar-refractivity contribution is 1.19. The molecule has 1 nitrogen and oxygen atoms in total.